The summed E-state index contributed by atoms with van der Waals surface area (Å²) in [4.78, 5) is 3.09. The molecule has 0 saturated carbocycles. The molecule has 62 valence electrons. The number of hydrogen-bond acceptors (Lipinski definition) is 2. The number of hydrogen-bond donors (Lipinski definition) is 1. The second-order valence-electron chi connectivity index (χ2n) is 2.75. The second-order valence-corrected chi connectivity index (χ2v) is 2.75. The van der Waals surface area contributed by atoms with Gasteiger partial charge in [0, 0.05) is 6.07 Å². The zero-order valence-corrected chi connectivity index (χ0v) is 6.81. The van der Waals surface area contributed by atoms with Crippen LogP contribution in [0.2, 0.25) is 0 Å². The monoisotopic (exact) mass is 171 g/mol. The van der Waals surface area contributed by atoms with Crippen molar-refractivity contribution in [3.8, 4) is 16.9 Å². The van der Waals surface area contributed by atoms with E-state index in [0.29, 0.717) is 11.3 Å². The molecule has 0 fully saturated rings. The third-order valence-corrected chi connectivity index (χ3v) is 1.97. The minimum absolute atomic E-state index is 0.123. The number of rotatable bonds is 0. The van der Waals surface area contributed by atoms with E-state index in [1.54, 1.807) is 24.3 Å². The molecule has 0 radical (unpaired) electrons. The lowest BCUT2D eigenvalue weighted by molar-refractivity contribution is 0.478. The first-order valence-corrected chi connectivity index (χ1v) is 3.89. The van der Waals surface area contributed by atoms with Crippen LogP contribution < -0.4 is 0 Å². The van der Waals surface area contributed by atoms with Gasteiger partial charge in [-0.25, -0.2) is 0 Å². The smallest absolute Gasteiger partial charge is 0.396 e. The molecule has 13 heavy (non-hydrogen) atoms. The fraction of sp³-hybridized carbons (Fsp3) is 0. The van der Waals surface area contributed by atoms with Crippen LogP contribution >= 0.6 is 0 Å². The molecule has 0 atom stereocenters. The predicted octanol–water partition coefficient (Wildman–Crippen LogP) is 2.98. The van der Waals surface area contributed by atoms with Crippen LogP contribution in [0, 0.1) is 5.39 Å². The number of diazo groups is 1. The fourth-order valence-corrected chi connectivity index (χ4v) is 1.37. The Balaban J connectivity index is 2.83. The van der Waals surface area contributed by atoms with Gasteiger partial charge in [0.2, 0.25) is 5.39 Å². The van der Waals surface area contributed by atoms with Crippen LogP contribution in [-0.4, -0.2) is 5.11 Å². The lowest BCUT2D eigenvalue weighted by Crippen LogP contribution is -1.67. The molecule has 0 saturated heterocycles. The van der Waals surface area contributed by atoms with Crippen molar-refractivity contribution in [3.63, 3.8) is 0 Å². The maximum Gasteiger partial charge on any atom is 0.396 e. The molecule has 0 heterocycles. The minimum Gasteiger partial charge on any atom is -0.507 e. The van der Waals surface area contributed by atoms with Gasteiger partial charge in [0.1, 0.15) is 11.3 Å². The van der Waals surface area contributed by atoms with E-state index in [1.165, 1.54) is 0 Å². The Labute approximate surface area is 75.2 Å². The summed E-state index contributed by atoms with van der Waals surface area (Å²) >= 11 is 0. The van der Waals surface area contributed by atoms with Crippen LogP contribution in [0.25, 0.3) is 16.1 Å². The van der Waals surface area contributed by atoms with Crippen molar-refractivity contribution < 1.29 is 5.11 Å². The van der Waals surface area contributed by atoms with Crippen molar-refractivity contribution >= 4 is 5.69 Å². The topological polar surface area (TPSA) is 48.4 Å². The molecule has 3 nitrogen and oxygen atoms in total. The van der Waals surface area contributed by atoms with Gasteiger partial charge in [-0.2, -0.15) is 0 Å². The first kappa shape index (κ1) is 7.56. The summed E-state index contributed by atoms with van der Waals surface area (Å²) in [6.07, 6.45) is 0. The quantitative estimate of drug-likeness (QED) is 0.619. The molecule has 0 aliphatic heterocycles. The average molecular weight is 171 g/mol. The lowest BCUT2D eigenvalue weighted by Gasteiger charge is -1.90. The fourth-order valence-electron chi connectivity index (χ4n) is 1.37. The zero-order chi connectivity index (χ0) is 9.26. The first-order valence-electron chi connectivity index (χ1n) is 3.89. The molecule has 2 aliphatic rings. The summed E-state index contributed by atoms with van der Waals surface area (Å²) in [7, 11) is 0. The lowest BCUT2D eigenvalue weighted by atomic mass is 10.1. The molecule has 0 aromatic rings. The maximum atomic E-state index is 9.56. The van der Waals surface area contributed by atoms with Crippen LogP contribution in [0.15, 0.2) is 36.4 Å². The molecule has 3 heteroatoms. The molecule has 0 aromatic heterocycles. The highest BCUT2D eigenvalue weighted by molar-refractivity contribution is 5.86. The molecule has 0 aromatic carbocycles. The van der Waals surface area contributed by atoms with Crippen LogP contribution in [-0.2, 0) is 0 Å². The number of fused-ring (bicyclic) bond motifs is 1. The second kappa shape index (κ2) is 2.76. The van der Waals surface area contributed by atoms with Gasteiger partial charge in [0.25, 0.3) is 0 Å². The van der Waals surface area contributed by atoms with Crippen molar-refractivity contribution in [2.75, 3.05) is 0 Å². The van der Waals surface area contributed by atoms with E-state index in [1.807, 2.05) is 12.1 Å². The van der Waals surface area contributed by atoms with E-state index in [2.05, 4.69) is 4.98 Å². The Morgan fingerprint density at radius 2 is 1.85 bits per heavy atom. The summed E-state index contributed by atoms with van der Waals surface area (Å²) in [5.74, 6) is 0.123. The Morgan fingerprint density at radius 3 is 2.62 bits per heavy atom. The van der Waals surface area contributed by atoms with Gasteiger partial charge in [0.05, 0.1) is 0 Å². The molecular formula is C10H7N2O+. The van der Waals surface area contributed by atoms with Gasteiger partial charge in [-0.15, -0.1) is 0 Å². The van der Waals surface area contributed by atoms with E-state index < -0.39 is 0 Å². The van der Waals surface area contributed by atoms with E-state index >= 15 is 0 Å². The van der Waals surface area contributed by atoms with Crippen LogP contribution in [0.3, 0.4) is 0 Å². The molecule has 0 bridgehead atoms. The molecule has 2 aliphatic carbocycles. The Morgan fingerprint density at radius 1 is 1.08 bits per heavy atom. The van der Waals surface area contributed by atoms with Gasteiger partial charge < -0.3 is 5.11 Å². The Kier molecular flexibility index (Phi) is 1.60. The van der Waals surface area contributed by atoms with Gasteiger partial charge in [0.15, 0.2) is 4.98 Å². The summed E-state index contributed by atoms with van der Waals surface area (Å²) in [5.41, 5.74) is 1.83. The number of nitrogens with zero attached hydrogens (tertiary/aromatic N) is 2. The minimum atomic E-state index is 0.123. The van der Waals surface area contributed by atoms with Crippen LogP contribution in [0.5, 0.6) is 5.75 Å². The van der Waals surface area contributed by atoms with E-state index in [0.717, 1.165) is 5.56 Å². The normalized spacial score (nSPS) is 9.77. The van der Waals surface area contributed by atoms with Crippen LogP contribution in [0.4, 0.5) is 5.69 Å². The zero-order valence-electron chi connectivity index (χ0n) is 6.81. The van der Waals surface area contributed by atoms with Gasteiger partial charge in [-0.3, -0.25) is 0 Å². The van der Waals surface area contributed by atoms with Crippen molar-refractivity contribution in [1.29, 1.82) is 5.39 Å². The Bertz CT molecular complexity index is 459. The van der Waals surface area contributed by atoms with Gasteiger partial charge in [-0.05, 0) is 17.7 Å². The van der Waals surface area contributed by atoms with E-state index in [-0.39, 0.29) is 5.75 Å². The highest BCUT2D eigenvalue weighted by Gasteiger charge is 2.21. The van der Waals surface area contributed by atoms with Crippen LogP contribution in [0.1, 0.15) is 0 Å². The van der Waals surface area contributed by atoms with Crippen molar-refractivity contribution in [2.45, 2.75) is 0 Å². The highest BCUT2D eigenvalue weighted by atomic mass is 16.3. The number of aromatic hydroxyl groups is 1. The largest absolute Gasteiger partial charge is 0.507 e. The summed E-state index contributed by atoms with van der Waals surface area (Å²) in [5, 5.41) is 18.2. The van der Waals surface area contributed by atoms with Crippen molar-refractivity contribution in [3.05, 3.63) is 41.4 Å². The SMILES string of the molecule is N#[N+]c1ccc2ccccc(O)c1-2. The third-order valence-electron chi connectivity index (χ3n) is 1.97. The van der Waals surface area contributed by atoms with E-state index in [4.69, 9.17) is 5.39 Å². The molecule has 0 spiro atoms. The Hall–Kier alpha value is -2.08. The standard InChI is InChI=1S/C10H6N2O/c11-12-8-6-5-7-3-1-2-4-9(13)10(7)8/h1-6H/p+1. The first-order chi connectivity index (χ1) is 6.33. The van der Waals surface area contributed by atoms with E-state index in [9.17, 15) is 5.11 Å². The molecular weight excluding hydrogens is 164 g/mol. The molecule has 1 N–H and O–H groups in total. The summed E-state index contributed by atoms with van der Waals surface area (Å²) in [6, 6.07) is 10.4. The highest BCUT2D eigenvalue weighted by Crippen LogP contribution is 2.39. The average Bonchev–Trinajstić information content (AvgIpc) is 2.47. The summed E-state index contributed by atoms with van der Waals surface area (Å²) in [6.45, 7) is 0. The summed E-state index contributed by atoms with van der Waals surface area (Å²) < 4.78 is 0. The predicted molar refractivity (Wildman–Crippen MR) is 49.5 cm³/mol. The molecule has 2 rings (SSSR count). The van der Waals surface area contributed by atoms with Gasteiger partial charge >= 0.3 is 5.69 Å². The third kappa shape index (κ3) is 1.09. The maximum absolute atomic E-state index is 9.56. The van der Waals surface area contributed by atoms with Gasteiger partial charge in [-0.1, -0.05) is 18.2 Å². The van der Waals surface area contributed by atoms with Crippen molar-refractivity contribution in [1.82, 2.24) is 0 Å². The molecule has 0 amide bonds. The molecule has 0 unspecified atom stereocenters. The van der Waals surface area contributed by atoms with Crippen molar-refractivity contribution in [2.24, 2.45) is 0 Å².